The Morgan fingerprint density at radius 2 is 1.76 bits per heavy atom. The molecule has 164 valence electrons. The lowest BCUT2D eigenvalue weighted by Gasteiger charge is -2.35. The van der Waals surface area contributed by atoms with Crippen LogP contribution in [0.3, 0.4) is 0 Å². The van der Waals surface area contributed by atoms with E-state index in [1.54, 1.807) is 0 Å². The molecule has 0 radical (unpaired) electrons. The molecule has 0 saturated carbocycles. The number of benzene rings is 1. The van der Waals surface area contributed by atoms with Crippen LogP contribution in [0.4, 0.5) is 0 Å². The van der Waals surface area contributed by atoms with E-state index in [1.807, 2.05) is 13.1 Å². The van der Waals surface area contributed by atoms with Crippen molar-refractivity contribution in [1.29, 1.82) is 0 Å². The van der Waals surface area contributed by atoms with E-state index >= 15 is 0 Å². The van der Waals surface area contributed by atoms with Gasteiger partial charge in [-0.05, 0) is 31.4 Å². The molecule has 2 N–H and O–H groups in total. The molecular weight excluding hydrogens is 362 g/mol. The van der Waals surface area contributed by atoms with Gasteiger partial charge in [0.25, 0.3) is 0 Å². The van der Waals surface area contributed by atoms with Crippen molar-refractivity contribution >= 4 is 5.96 Å². The standard InChI is InChI=1S/C23H41N5O/c1-5-27-13-15-28(16-14-27)19-20(2)18-26-23(24-4)25-12-9-17-29-21(3)22-10-7-6-8-11-22/h6-8,10-11,20-21H,5,9,12-19H2,1-4H3,(H2,24,25,26). The Labute approximate surface area is 177 Å². The number of rotatable bonds is 11. The zero-order valence-corrected chi connectivity index (χ0v) is 18.9. The van der Waals surface area contributed by atoms with E-state index in [9.17, 15) is 0 Å². The van der Waals surface area contributed by atoms with E-state index in [-0.39, 0.29) is 6.10 Å². The highest BCUT2D eigenvalue weighted by Gasteiger charge is 2.17. The monoisotopic (exact) mass is 403 g/mol. The third kappa shape index (κ3) is 9.15. The van der Waals surface area contributed by atoms with Crippen molar-refractivity contribution < 1.29 is 4.74 Å². The maximum absolute atomic E-state index is 5.93. The van der Waals surface area contributed by atoms with Gasteiger partial charge >= 0.3 is 0 Å². The van der Waals surface area contributed by atoms with Crippen molar-refractivity contribution in [2.75, 3.05) is 66.0 Å². The number of hydrogen-bond donors (Lipinski definition) is 2. The van der Waals surface area contributed by atoms with Gasteiger partial charge in [0.2, 0.25) is 0 Å². The Kier molecular flexibility index (Phi) is 11.1. The van der Waals surface area contributed by atoms with E-state index in [4.69, 9.17) is 4.74 Å². The van der Waals surface area contributed by atoms with Crippen LogP contribution in [0, 0.1) is 5.92 Å². The van der Waals surface area contributed by atoms with Gasteiger partial charge in [-0.15, -0.1) is 0 Å². The van der Waals surface area contributed by atoms with Crippen molar-refractivity contribution in [2.45, 2.75) is 33.3 Å². The van der Waals surface area contributed by atoms with Gasteiger partial charge in [0.1, 0.15) is 0 Å². The predicted molar refractivity (Wildman–Crippen MR) is 123 cm³/mol. The topological polar surface area (TPSA) is 52.1 Å². The summed E-state index contributed by atoms with van der Waals surface area (Å²) in [6.07, 6.45) is 1.09. The highest BCUT2D eigenvalue weighted by atomic mass is 16.5. The summed E-state index contributed by atoms with van der Waals surface area (Å²) in [7, 11) is 1.83. The first-order valence-corrected chi connectivity index (χ1v) is 11.2. The van der Waals surface area contributed by atoms with Gasteiger partial charge in [0, 0.05) is 59.5 Å². The molecule has 0 bridgehead atoms. The van der Waals surface area contributed by atoms with Crippen molar-refractivity contribution in [1.82, 2.24) is 20.4 Å². The molecule has 6 nitrogen and oxygen atoms in total. The van der Waals surface area contributed by atoms with Crippen LogP contribution < -0.4 is 10.6 Å². The van der Waals surface area contributed by atoms with Crippen molar-refractivity contribution in [3.05, 3.63) is 35.9 Å². The average Bonchev–Trinajstić information content (AvgIpc) is 2.76. The molecule has 6 heteroatoms. The van der Waals surface area contributed by atoms with E-state index in [1.165, 1.54) is 38.3 Å². The Hall–Kier alpha value is -1.63. The molecule has 1 aliphatic rings. The van der Waals surface area contributed by atoms with Crippen LogP contribution in [0.5, 0.6) is 0 Å². The molecule has 1 heterocycles. The lowest BCUT2D eigenvalue weighted by Crippen LogP contribution is -2.48. The van der Waals surface area contributed by atoms with Crippen LogP contribution in [-0.2, 0) is 4.74 Å². The van der Waals surface area contributed by atoms with E-state index in [0.717, 1.165) is 38.6 Å². The Morgan fingerprint density at radius 1 is 1.07 bits per heavy atom. The molecule has 1 aromatic rings. The van der Waals surface area contributed by atoms with Gasteiger partial charge in [-0.3, -0.25) is 4.99 Å². The summed E-state index contributed by atoms with van der Waals surface area (Å²) in [6.45, 7) is 16.3. The Bertz CT molecular complexity index is 572. The molecule has 2 unspecified atom stereocenters. The molecule has 1 saturated heterocycles. The predicted octanol–water partition coefficient (Wildman–Crippen LogP) is 2.59. The highest BCUT2D eigenvalue weighted by Crippen LogP contribution is 2.15. The summed E-state index contributed by atoms with van der Waals surface area (Å²) in [5, 5.41) is 6.86. The summed E-state index contributed by atoms with van der Waals surface area (Å²) in [6, 6.07) is 10.4. The largest absolute Gasteiger partial charge is 0.374 e. The van der Waals surface area contributed by atoms with Crippen molar-refractivity contribution in [3.8, 4) is 0 Å². The molecule has 0 aromatic heterocycles. The Balaban J connectivity index is 1.54. The highest BCUT2D eigenvalue weighted by molar-refractivity contribution is 5.79. The minimum absolute atomic E-state index is 0.133. The third-order valence-corrected chi connectivity index (χ3v) is 5.57. The number of nitrogens with one attached hydrogen (secondary N) is 2. The zero-order chi connectivity index (χ0) is 20.9. The number of aliphatic imine (C=N–C) groups is 1. The first-order valence-electron chi connectivity index (χ1n) is 11.2. The lowest BCUT2D eigenvalue weighted by atomic mass is 10.1. The summed E-state index contributed by atoms with van der Waals surface area (Å²) < 4.78 is 5.93. The maximum Gasteiger partial charge on any atom is 0.190 e. The smallest absolute Gasteiger partial charge is 0.190 e. The van der Waals surface area contributed by atoms with Gasteiger partial charge in [-0.1, -0.05) is 44.2 Å². The first kappa shape index (κ1) is 23.6. The summed E-state index contributed by atoms with van der Waals surface area (Å²) in [5.74, 6) is 1.47. The summed E-state index contributed by atoms with van der Waals surface area (Å²) >= 11 is 0. The minimum atomic E-state index is 0.133. The normalized spacial score (nSPS) is 18.4. The molecule has 1 fully saturated rings. The van der Waals surface area contributed by atoms with E-state index < -0.39 is 0 Å². The van der Waals surface area contributed by atoms with Crippen LogP contribution in [-0.4, -0.2) is 81.8 Å². The van der Waals surface area contributed by atoms with Gasteiger partial charge in [-0.25, -0.2) is 0 Å². The molecule has 0 spiro atoms. The van der Waals surface area contributed by atoms with E-state index in [2.05, 4.69) is 70.5 Å². The van der Waals surface area contributed by atoms with Crippen LogP contribution >= 0.6 is 0 Å². The lowest BCUT2D eigenvalue weighted by molar-refractivity contribution is 0.0646. The summed E-state index contributed by atoms with van der Waals surface area (Å²) in [5.41, 5.74) is 1.23. The van der Waals surface area contributed by atoms with Crippen LogP contribution in [0.1, 0.15) is 38.9 Å². The summed E-state index contributed by atoms with van der Waals surface area (Å²) in [4.78, 5) is 9.45. The molecule has 2 rings (SSSR count). The molecule has 1 aromatic carbocycles. The second-order valence-electron chi connectivity index (χ2n) is 8.00. The van der Waals surface area contributed by atoms with Gasteiger partial charge in [0.05, 0.1) is 6.10 Å². The zero-order valence-electron chi connectivity index (χ0n) is 18.9. The van der Waals surface area contributed by atoms with Crippen molar-refractivity contribution in [2.24, 2.45) is 10.9 Å². The number of nitrogens with zero attached hydrogens (tertiary/aromatic N) is 3. The van der Waals surface area contributed by atoms with E-state index in [0.29, 0.717) is 5.92 Å². The molecule has 2 atom stereocenters. The SMILES string of the molecule is CCN1CCN(CC(C)CNC(=NC)NCCCOC(C)c2ccccc2)CC1. The minimum Gasteiger partial charge on any atom is -0.374 e. The van der Waals surface area contributed by atoms with Crippen LogP contribution in [0.25, 0.3) is 0 Å². The molecular formula is C23H41N5O. The fraction of sp³-hybridized carbons (Fsp3) is 0.696. The Morgan fingerprint density at radius 3 is 2.41 bits per heavy atom. The maximum atomic E-state index is 5.93. The second-order valence-corrected chi connectivity index (χ2v) is 8.00. The fourth-order valence-corrected chi connectivity index (χ4v) is 3.64. The van der Waals surface area contributed by atoms with Crippen LogP contribution in [0.15, 0.2) is 35.3 Å². The number of likely N-dealkylation sites (N-methyl/N-ethyl adjacent to an activating group) is 1. The second kappa shape index (κ2) is 13.6. The van der Waals surface area contributed by atoms with Gasteiger partial charge < -0.3 is 25.2 Å². The van der Waals surface area contributed by atoms with Crippen LogP contribution in [0.2, 0.25) is 0 Å². The molecule has 0 amide bonds. The molecule has 29 heavy (non-hydrogen) atoms. The fourth-order valence-electron chi connectivity index (χ4n) is 3.64. The number of ether oxygens (including phenoxy) is 1. The third-order valence-electron chi connectivity index (χ3n) is 5.57. The average molecular weight is 404 g/mol. The number of hydrogen-bond acceptors (Lipinski definition) is 4. The first-order chi connectivity index (χ1) is 14.1. The number of piperazine rings is 1. The molecule has 0 aliphatic carbocycles. The van der Waals surface area contributed by atoms with Gasteiger partial charge in [-0.2, -0.15) is 0 Å². The van der Waals surface area contributed by atoms with Gasteiger partial charge in [0.15, 0.2) is 5.96 Å². The molecule has 1 aliphatic heterocycles. The number of guanidine groups is 1. The quantitative estimate of drug-likeness (QED) is 0.338. The van der Waals surface area contributed by atoms with Crippen molar-refractivity contribution in [3.63, 3.8) is 0 Å².